The number of hydrogen-bond acceptors (Lipinski definition) is 6. The van der Waals surface area contributed by atoms with Crippen molar-refractivity contribution in [3.8, 4) is 5.75 Å². The Labute approximate surface area is 127 Å². The maximum Gasteiger partial charge on any atom is 0.204 e. The first-order chi connectivity index (χ1) is 10.7. The molecule has 3 rings (SSSR count). The Bertz CT molecular complexity index is 648. The van der Waals surface area contributed by atoms with Gasteiger partial charge in [0.05, 0.1) is 20.8 Å². The number of tetrazole rings is 1. The maximum absolute atomic E-state index is 13.3. The zero-order valence-electron chi connectivity index (χ0n) is 12.6. The number of rotatable bonds is 4. The summed E-state index contributed by atoms with van der Waals surface area (Å²) < 4.78 is 24.2. The van der Waals surface area contributed by atoms with Crippen LogP contribution in [0.4, 0.5) is 4.39 Å². The second-order valence-electron chi connectivity index (χ2n) is 5.19. The number of halogens is 1. The van der Waals surface area contributed by atoms with E-state index >= 15 is 0 Å². The number of hydrogen-bond donors (Lipinski definition) is 0. The number of ether oxygens (including phenoxy) is 2. The molecule has 1 saturated heterocycles. The Morgan fingerprint density at radius 2 is 2.32 bits per heavy atom. The van der Waals surface area contributed by atoms with E-state index in [0.29, 0.717) is 31.3 Å². The predicted molar refractivity (Wildman–Crippen MR) is 75.7 cm³/mol. The predicted octanol–water partition coefficient (Wildman–Crippen LogP) is 0.931. The molecule has 0 aliphatic carbocycles. The minimum atomic E-state index is -0.302. The van der Waals surface area contributed by atoms with Gasteiger partial charge in [0.1, 0.15) is 17.7 Å². The maximum atomic E-state index is 13.3. The Kier molecular flexibility index (Phi) is 4.30. The molecule has 1 fully saturated rings. The summed E-state index contributed by atoms with van der Waals surface area (Å²) in [4.78, 5) is 3.63. The van der Waals surface area contributed by atoms with Crippen molar-refractivity contribution in [2.24, 2.45) is 7.05 Å². The quantitative estimate of drug-likeness (QED) is 0.837. The topological polar surface area (TPSA) is 65.3 Å². The molecule has 1 aliphatic heterocycles. The number of nitrogens with zero attached hydrogens (tertiary/aromatic N) is 5. The zero-order valence-corrected chi connectivity index (χ0v) is 12.6. The monoisotopic (exact) mass is 307 g/mol. The smallest absolute Gasteiger partial charge is 0.204 e. The molecule has 0 bridgehead atoms. The number of benzene rings is 1. The van der Waals surface area contributed by atoms with Crippen molar-refractivity contribution in [2.75, 3.05) is 26.8 Å². The molecule has 0 N–H and O–H groups in total. The van der Waals surface area contributed by atoms with Gasteiger partial charge in [0.2, 0.25) is 5.82 Å². The molecule has 0 radical (unpaired) electrons. The van der Waals surface area contributed by atoms with Crippen LogP contribution in [0.5, 0.6) is 5.75 Å². The van der Waals surface area contributed by atoms with Gasteiger partial charge < -0.3 is 9.47 Å². The normalized spacial score (nSPS) is 19.3. The molecule has 7 nitrogen and oxygen atoms in total. The summed E-state index contributed by atoms with van der Waals surface area (Å²) in [5.74, 6) is 0.836. The first-order valence-electron chi connectivity index (χ1n) is 7.06. The van der Waals surface area contributed by atoms with E-state index < -0.39 is 0 Å². The number of methoxy groups -OCH3 is 1. The SMILES string of the molecule is COc1cc(F)ccc1CN1CCOC(c2nnn(C)n2)C1. The minimum Gasteiger partial charge on any atom is -0.496 e. The molecular weight excluding hydrogens is 289 g/mol. The fourth-order valence-corrected chi connectivity index (χ4v) is 2.52. The molecule has 0 saturated carbocycles. The van der Waals surface area contributed by atoms with Crippen LogP contribution in [0, 0.1) is 5.82 Å². The summed E-state index contributed by atoms with van der Waals surface area (Å²) in [6, 6.07) is 4.59. The van der Waals surface area contributed by atoms with Gasteiger partial charge in [0.25, 0.3) is 0 Å². The van der Waals surface area contributed by atoms with Crippen molar-refractivity contribution in [1.82, 2.24) is 25.1 Å². The average molecular weight is 307 g/mol. The van der Waals surface area contributed by atoms with Gasteiger partial charge in [0, 0.05) is 31.3 Å². The minimum absolute atomic E-state index is 0.200. The Hall–Kier alpha value is -2.06. The van der Waals surface area contributed by atoms with Crippen molar-refractivity contribution in [3.05, 3.63) is 35.4 Å². The van der Waals surface area contributed by atoms with Gasteiger partial charge in [-0.25, -0.2) is 4.39 Å². The molecule has 2 heterocycles. The van der Waals surface area contributed by atoms with E-state index in [2.05, 4.69) is 20.3 Å². The molecule has 1 atom stereocenters. The van der Waals surface area contributed by atoms with Gasteiger partial charge in [-0.05, 0) is 11.3 Å². The first kappa shape index (κ1) is 14.9. The average Bonchev–Trinajstić information content (AvgIpc) is 2.96. The number of aromatic nitrogens is 4. The standard InChI is InChI=1S/C14H18FN5O2/c1-19-17-14(16-18-19)13-9-20(5-6-22-13)8-10-3-4-11(15)7-12(10)21-2/h3-4,7,13H,5-6,8-9H2,1-2H3. The van der Waals surface area contributed by atoms with E-state index in [1.54, 1.807) is 20.2 Å². The van der Waals surface area contributed by atoms with Crippen LogP contribution in [-0.4, -0.2) is 51.9 Å². The summed E-state index contributed by atoms with van der Waals surface area (Å²) in [5, 5.41) is 12.0. The third kappa shape index (κ3) is 3.23. The molecule has 2 aromatic rings. The van der Waals surface area contributed by atoms with Crippen molar-refractivity contribution < 1.29 is 13.9 Å². The molecule has 118 valence electrons. The van der Waals surface area contributed by atoms with Crippen LogP contribution in [0.2, 0.25) is 0 Å². The van der Waals surface area contributed by atoms with E-state index in [0.717, 1.165) is 12.1 Å². The molecule has 0 spiro atoms. The highest BCUT2D eigenvalue weighted by atomic mass is 19.1. The summed E-state index contributed by atoms with van der Waals surface area (Å²) in [5.41, 5.74) is 0.941. The summed E-state index contributed by atoms with van der Waals surface area (Å²) in [7, 11) is 3.27. The molecule has 1 aliphatic rings. The van der Waals surface area contributed by atoms with Gasteiger partial charge in [0.15, 0.2) is 0 Å². The van der Waals surface area contributed by atoms with E-state index in [1.807, 2.05) is 0 Å². The van der Waals surface area contributed by atoms with Crippen molar-refractivity contribution in [1.29, 1.82) is 0 Å². The van der Waals surface area contributed by atoms with Crippen molar-refractivity contribution >= 4 is 0 Å². The highest BCUT2D eigenvalue weighted by molar-refractivity contribution is 5.34. The second kappa shape index (κ2) is 6.37. The molecule has 1 aromatic heterocycles. The van der Waals surface area contributed by atoms with E-state index in [4.69, 9.17) is 9.47 Å². The molecule has 22 heavy (non-hydrogen) atoms. The van der Waals surface area contributed by atoms with Gasteiger partial charge in [-0.3, -0.25) is 4.90 Å². The van der Waals surface area contributed by atoms with Crippen LogP contribution in [-0.2, 0) is 18.3 Å². The molecular formula is C14H18FN5O2. The third-order valence-corrected chi connectivity index (χ3v) is 3.61. The lowest BCUT2D eigenvalue weighted by Gasteiger charge is -2.31. The van der Waals surface area contributed by atoms with E-state index in [1.165, 1.54) is 16.9 Å². The van der Waals surface area contributed by atoms with E-state index in [-0.39, 0.29) is 11.9 Å². The zero-order chi connectivity index (χ0) is 15.5. The van der Waals surface area contributed by atoms with Crippen molar-refractivity contribution in [2.45, 2.75) is 12.6 Å². The van der Waals surface area contributed by atoms with E-state index in [9.17, 15) is 4.39 Å². The first-order valence-corrected chi connectivity index (χ1v) is 7.06. The van der Waals surface area contributed by atoms with Gasteiger partial charge in [-0.1, -0.05) is 6.07 Å². The third-order valence-electron chi connectivity index (χ3n) is 3.61. The fraction of sp³-hybridized carbons (Fsp3) is 0.500. The van der Waals surface area contributed by atoms with Gasteiger partial charge in [-0.15, -0.1) is 10.2 Å². The van der Waals surface area contributed by atoms with Crippen LogP contribution in [0.25, 0.3) is 0 Å². The summed E-state index contributed by atoms with van der Waals surface area (Å²) in [6.45, 7) is 2.69. The summed E-state index contributed by atoms with van der Waals surface area (Å²) >= 11 is 0. The lowest BCUT2D eigenvalue weighted by Crippen LogP contribution is -2.38. The van der Waals surface area contributed by atoms with Crippen molar-refractivity contribution in [3.63, 3.8) is 0 Å². The molecule has 1 aromatic carbocycles. The van der Waals surface area contributed by atoms with Crippen LogP contribution in [0.3, 0.4) is 0 Å². The van der Waals surface area contributed by atoms with Crippen LogP contribution < -0.4 is 4.74 Å². The lowest BCUT2D eigenvalue weighted by atomic mass is 10.1. The van der Waals surface area contributed by atoms with Gasteiger partial charge >= 0.3 is 0 Å². The molecule has 0 amide bonds. The Morgan fingerprint density at radius 1 is 1.45 bits per heavy atom. The van der Waals surface area contributed by atoms with Crippen LogP contribution >= 0.6 is 0 Å². The fourth-order valence-electron chi connectivity index (χ4n) is 2.52. The number of aryl methyl sites for hydroxylation is 1. The largest absolute Gasteiger partial charge is 0.496 e. The number of morpholine rings is 1. The summed E-state index contributed by atoms with van der Waals surface area (Å²) in [6.07, 6.45) is -0.200. The molecule has 1 unspecified atom stereocenters. The second-order valence-corrected chi connectivity index (χ2v) is 5.19. The highest BCUT2D eigenvalue weighted by Gasteiger charge is 2.26. The molecule has 8 heteroatoms. The highest BCUT2D eigenvalue weighted by Crippen LogP contribution is 2.24. The lowest BCUT2D eigenvalue weighted by molar-refractivity contribution is -0.0375. The Balaban J connectivity index is 1.70. The van der Waals surface area contributed by atoms with Crippen LogP contribution in [0.15, 0.2) is 18.2 Å². The van der Waals surface area contributed by atoms with Crippen LogP contribution in [0.1, 0.15) is 17.5 Å². The van der Waals surface area contributed by atoms with Gasteiger partial charge in [-0.2, -0.15) is 4.80 Å². The Morgan fingerprint density at radius 3 is 3.05 bits per heavy atom.